The maximum absolute atomic E-state index is 12.6. The Balaban J connectivity index is 1.74. The van der Waals surface area contributed by atoms with Crippen LogP contribution >= 0.6 is 11.3 Å². The van der Waals surface area contributed by atoms with Gasteiger partial charge in [0, 0.05) is 11.3 Å². The first kappa shape index (κ1) is 14.3. The number of hydrogen-bond acceptors (Lipinski definition) is 4. The molecular formula is C16H17NO3S. The highest BCUT2D eigenvalue weighted by molar-refractivity contribution is 7.12. The lowest BCUT2D eigenvalue weighted by Gasteiger charge is -2.20. The van der Waals surface area contributed by atoms with E-state index >= 15 is 0 Å². The number of rotatable bonds is 2. The first-order valence-corrected chi connectivity index (χ1v) is 7.99. The van der Waals surface area contributed by atoms with E-state index in [0.717, 1.165) is 35.4 Å². The van der Waals surface area contributed by atoms with Crippen molar-refractivity contribution in [2.24, 2.45) is 5.41 Å². The summed E-state index contributed by atoms with van der Waals surface area (Å²) >= 11 is 1.46. The molecule has 5 heteroatoms. The highest BCUT2D eigenvalue weighted by Crippen LogP contribution is 2.47. The van der Waals surface area contributed by atoms with E-state index in [9.17, 15) is 9.59 Å². The van der Waals surface area contributed by atoms with E-state index in [0.29, 0.717) is 13.0 Å². The van der Waals surface area contributed by atoms with E-state index in [-0.39, 0.29) is 18.4 Å². The molecule has 1 aliphatic heterocycles. The molecule has 2 amide bonds. The second kappa shape index (κ2) is 5.63. The Hall–Kier alpha value is -1.64. The van der Waals surface area contributed by atoms with Crippen LogP contribution in [0.2, 0.25) is 0 Å². The van der Waals surface area contributed by atoms with Crippen LogP contribution in [0.4, 0.5) is 0 Å². The van der Waals surface area contributed by atoms with Gasteiger partial charge in [-0.2, -0.15) is 0 Å². The van der Waals surface area contributed by atoms with E-state index in [1.807, 2.05) is 12.1 Å². The lowest BCUT2D eigenvalue weighted by atomic mass is 9.84. The van der Waals surface area contributed by atoms with E-state index in [4.69, 9.17) is 5.11 Å². The van der Waals surface area contributed by atoms with Crippen molar-refractivity contribution >= 4 is 23.2 Å². The fourth-order valence-electron chi connectivity index (χ4n) is 3.28. The number of amides is 2. The summed E-state index contributed by atoms with van der Waals surface area (Å²) in [6.45, 7) is 0.184. The molecule has 1 aromatic heterocycles. The Morgan fingerprint density at radius 2 is 2.05 bits per heavy atom. The van der Waals surface area contributed by atoms with Crippen LogP contribution in [0.5, 0.6) is 0 Å². The Morgan fingerprint density at radius 3 is 2.76 bits per heavy atom. The van der Waals surface area contributed by atoms with Gasteiger partial charge in [-0.1, -0.05) is 24.7 Å². The summed E-state index contributed by atoms with van der Waals surface area (Å²) in [5, 5.41) is 8.68. The molecule has 0 bridgehead atoms. The maximum atomic E-state index is 12.6. The topological polar surface area (TPSA) is 57.6 Å². The van der Waals surface area contributed by atoms with Crippen LogP contribution in [-0.2, 0) is 16.1 Å². The zero-order chi connectivity index (χ0) is 14.9. The predicted molar refractivity (Wildman–Crippen MR) is 79.4 cm³/mol. The Labute approximate surface area is 127 Å². The smallest absolute Gasteiger partial charge is 0.236 e. The number of carbonyl (C=O) groups excluding carboxylic acids is 2. The van der Waals surface area contributed by atoms with Crippen LogP contribution < -0.4 is 0 Å². The van der Waals surface area contributed by atoms with Crippen molar-refractivity contribution in [3.63, 3.8) is 0 Å². The van der Waals surface area contributed by atoms with E-state index in [2.05, 4.69) is 11.8 Å². The molecule has 1 N–H and O–H groups in total. The van der Waals surface area contributed by atoms with Gasteiger partial charge in [-0.15, -0.1) is 11.3 Å². The zero-order valence-electron chi connectivity index (χ0n) is 11.7. The number of hydrogen-bond donors (Lipinski definition) is 1. The summed E-state index contributed by atoms with van der Waals surface area (Å²) in [6.07, 6.45) is 4.19. The van der Waals surface area contributed by atoms with Gasteiger partial charge < -0.3 is 5.11 Å². The van der Waals surface area contributed by atoms with Crippen LogP contribution in [0.15, 0.2) is 12.1 Å². The molecule has 110 valence electrons. The summed E-state index contributed by atoms with van der Waals surface area (Å²) in [5.74, 6) is 5.41. The molecule has 21 heavy (non-hydrogen) atoms. The van der Waals surface area contributed by atoms with Gasteiger partial charge in [0.1, 0.15) is 6.61 Å². The predicted octanol–water partition coefficient (Wildman–Crippen LogP) is 1.91. The minimum Gasteiger partial charge on any atom is -0.384 e. The van der Waals surface area contributed by atoms with Gasteiger partial charge in [0.05, 0.1) is 16.8 Å². The monoisotopic (exact) mass is 303 g/mol. The average Bonchev–Trinajstić information content (AvgIpc) is 3.15. The van der Waals surface area contributed by atoms with Gasteiger partial charge in [0.15, 0.2) is 0 Å². The third kappa shape index (κ3) is 2.61. The van der Waals surface area contributed by atoms with E-state index in [1.165, 1.54) is 16.2 Å². The summed E-state index contributed by atoms with van der Waals surface area (Å²) in [6, 6.07) is 3.76. The van der Waals surface area contributed by atoms with Gasteiger partial charge in [0.25, 0.3) is 0 Å². The van der Waals surface area contributed by atoms with Crippen LogP contribution in [0.1, 0.15) is 41.9 Å². The van der Waals surface area contributed by atoms with Crippen molar-refractivity contribution in [2.45, 2.75) is 38.6 Å². The molecular weight excluding hydrogens is 286 g/mol. The minimum absolute atomic E-state index is 0.0152. The molecule has 2 heterocycles. The SMILES string of the molecule is O=C1CC2(CCCC2)C(=O)N1Cc1ccc(C#CCO)s1. The summed E-state index contributed by atoms with van der Waals surface area (Å²) < 4.78 is 0. The third-order valence-corrected chi connectivity index (χ3v) is 5.30. The first-order valence-electron chi connectivity index (χ1n) is 7.18. The lowest BCUT2D eigenvalue weighted by molar-refractivity contribution is -0.142. The number of aliphatic hydroxyl groups is 1. The molecule has 1 aliphatic carbocycles. The second-order valence-corrected chi connectivity index (χ2v) is 6.84. The molecule has 1 spiro atoms. The molecule has 4 nitrogen and oxygen atoms in total. The molecule has 0 unspecified atom stereocenters. The highest BCUT2D eigenvalue weighted by Gasteiger charge is 2.52. The minimum atomic E-state index is -0.395. The van der Waals surface area contributed by atoms with Crippen LogP contribution in [0.25, 0.3) is 0 Å². The van der Waals surface area contributed by atoms with Gasteiger partial charge in [-0.3, -0.25) is 14.5 Å². The molecule has 1 aromatic rings. The largest absolute Gasteiger partial charge is 0.384 e. The van der Waals surface area contributed by atoms with Crippen LogP contribution in [0.3, 0.4) is 0 Å². The Kier molecular flexibility index (Phi) is 3.83. The first-order chi connectivity index (χ1) is 10.1. The normalized spacial score (nSPS) is 20.1. The fraction of sp³-hybridized carbons (Fsp3) is 0.500. The summed E-state index contributed by atoms with van der Waals surface area (Å²) in [7, 11) is 0. The van der Waals surface area contributed by atoms with Gasteiger partial charge in [-0.05, 0) is 25.0 Å². The maximum Gasteiger partial charge on any atom is 0.236 e. The number of aliphatic hydroxyl groups excluding tert-OH is 1. The average molecular weight is 303 g/mol. The second-order valence-electron chi connectivity index (χ2n) is 5.68. The van der Waals surface area contributed by atoms with Crippen molar-refractivity contribution in [3.8, 4) is 11.8 Å². The molecule has 2 fully saturated rings. The van der Waals surface area contributed by atoms with Gasteiger partial charge in [-0.25, -0.2) is 0 Å². The number of carbonyl (C=O) groups is 2. The van der Waals surface area contributed by atoms with Crippen molar-refractivity contribution in [3.05, 3.63) is 21.9 Å². The molecule has 0 aromatic carbocycles. The van der Waals surface area contributed by atoms with Crippen LogP contribution in [0, 0.1) is 17.3 Å². The van der Waals surface area contributed by atoms with E-state index < -0.39 is 5.41 Å². The summed E-state index contributed by atoms with van der Waals surface area (Å²) in [5.41, 5.74) is -0.395. The van der Waals surface area contributed by atoms with E-state index in [1.54, 1.807) is 0 Å². The molecule has 2 aliphatic rings. The zero-order valence-corrected chi connectivity index (χ0v) is 12.5. The standard InChI is InChI=1S/C16H17NO3S/c18-9-3-4-12-5-6-13(21-12)11-17-14(19)10-16(15(17)20)7-1-2-8-16/h5-6,18H,1-2,7-11H2. The molecule has 1 saturated heterocycles. The highest BCUT2D eigenvalue weighted by atomic mass is 32.1. The number of thiophene rings is 1. The number of imide groups is 1. The molecule has 0 atom stereocenters. The van der Waals surface area contributed by atoms with Crippen molar-refractivity contribution in [1.82, 2.24) is 4.90 Å². The lowest BCUT2D eigenvalue weighted by Crippen LogP contribution is -2.33. The Morgan fingerprint density at radius 1 is 1.29 bits per heavy atom. The quantitative estimate of drug-likeness (QED) is 0.671. The van der Waals surface area contributed by atoms with Crippen LogP contribution in [-0.4, -0.2) is 28.4 Å². The van der Waals surface area contributed by atoms with Gasteiger partial charge in [0.2, 0.25) is 11.8 Å². The number of likely N-dealkylation sites (tertiary alicyclic amines) is 1. The fourth-order valence-corrected chi connectivity index (χ4v) is 4.15. The number of nitrogens with zero attached hydrogens (tertiary/aromatic N) is 1. The molecule has 1 saturated carbocycles. The molecule has 0 radical (unpaired) electrons. The van der Waals surface area contributed by atoms with Crippen molar-refractivity contribution in [2.75, 3.05) is 6.61 Å². The van der Waals surface area contributed by atoms with Crippen molar-refractivity contribution in [1.29, 1.82) is 0 Å². The van der Waals surface area contributed by atoms with Crippen molar-refractivity contribution < 1.29 is 14.7 Å². The third-order valence-electron chi connectivity index (χ3n) is 4.32. The summed E-state index contributed by atoms with van der Waals surface area (Å²) in [4.78, 5) is 28.0. The Bertz CT molecular complexity index is 631. The van der Waals surface area contributed by atoms with Gasteiger partial charge >= 0.3 is 0 Å². The molecule has 3 rings (SSSR count).